The fourth-order valence-corrected chi connectivity index (χ4v) is 2.77. The van der Waals surface area contributed by atoms with E-state index in [0.29, 0.717) is 11.9 Å². The highest BCUT2D eigenvalue weighted by Crippen LogP contribution is 2.28. The van der Waals surface area contributed by atoms with E-state index in [2.05, 4.69) is 31.7 Å². The van der Waals surface area contributed by atoms with Crippen molar-refractivity contribution in [2.75, 3.05) is 18.1 Å². The number of morpholine rings is 1. The van der Waals surface area contributed by atoms with Crippen molar-refractivity contribution in [3.05, 3.63) is 22.9 Å². The molecule has 0 radical (unpaired) electrons. The number of rotatable bonds is 2. The largest absolute Gasteiger partial charge is 0.375 e. The van der Waals surface area contributed by atoms with Crippen LogP contribution < -0.4 is 4.90 Å². The first-order chi connectivity index (χ1) is 8.52. The molecule has 0 aromatic carbocycles. The molecule has 1 fully saturated rings. The molecule has 1 aromatic heterocycles. The molecular weight excluding hydrogens is 248 g/mol. The van der Waals surface area contributed by atoms with E-state index in [0.717, 1.165) is 30.2 Å². The number of nitrogens with zero attached hydrogens (tertiary/aromatic N) is 2. The molecule has 0 spiro atoms. The smallest absolute Gasteiger partial charge is 0.133 e. The van der Waals surface area contributed by atoms with Crippen molar-refractivity contribution in [3.63, 3.8) is 0 Å². The topological polar surface area (TPSA) is 25.4 Å². The van der Waals surface area contributed by atoms with Gasteiger partial charge < -0.3 is 9.64 Å². The molecule has 1 aliphatic heterocycles. The van der Waals surface area contributed by atoms with Gasteiger partial charge in [0.1, 0.15) is 5.82 Å². The predicted octanol–water partition coefficient (Wildman–Crippen LogP) is 3.05. The van der Waals surface area contributed by atoms with E-state index in [9.17, 15) is 0 Å². The average Bonchev–Trinajstić information content (AvgIpc) is 2.31. The van der Waals surface area contributed by atoms with Crippen LogP contribution >= 0.6 is 11.6 Å². The van der Waals surface area contributed by atoms with Gasteiger partial charge in [0.25, 0.3) is 0 Å². The van der Waals surface area contributed by atoms with Crippen LogP contribution in [0.4, 0.5) is 5.82 Å². The molecule has 0 bridgehead atoms. The minimum Gasteiger partial charge on any atom is -0.375 e. The van der Waals surface area contributed by atoms with Crippen LogP contribution in [0.5, 0.6) is 0 Å². The third kappa shape index (κ3) is 2.62. The molecule has 100 valence electrons. The number of halogens is 1. The number of hydrogen-bond donors (Lipinski definition) is 0. The van der Waals surface area contributed by atoms with Crippen molar-refractivity contribution < 1.29 is 4.74 Å². The molecule has 0 N–H and O–H groups in total. The monoisotopic (exact) mass is 268 g/mol. The van der Waals surface area contributed by atoms with E-state index < -0.39 is 0 Å². The van der Waals surface area contributed by atoms with Crippen LogP contribution in [0.15, 0.2) is 6.07 Å². The Kier molecular flexibility index (Phi) is 4.13. The van der Waals surface area contributed by atoms with Crippen LogP contribution in [0.25, 0.3) is 0 Å². The van der Waals surface area contributed by atoms with Gasteiger partial charge in [-0.15, -0.1) is 11.6 Å². The minimum atomic E-state index is 0.243. The van der Waals surface area contributed by atoms with Crippen molar-refractivity contribution in [3.8, 4) is 0 Å². The van der Waals surface area contributed by atoms with Crippen molar-refractivity contribution in [2.45, 2.75) is 45.7 Å². The van der Waals surface area contributed by atoms with E-state index >= 15 is 0 Å². The maximum absolute atomic E-state index is 6.10. The highest BCUT2D eigenvalue weighted by Gasteiger charge is 2.26. The van der Waals surface area contributed by atoms with Crippen molar-refractivity contribution in [1.82, 2.24) is 4.98 Å². The summed E-state index contributed by atoms with van der Waals surface area (Å²) in [6.45, 7) is 10.0. The zero-order valence-corrected chi connectivity index (χ0v) is 12.3. The second-order valence-electron chi connectivity index (χ2n) is 5.16. The zero-order valence-electron chi connectivity index (χ0n) is 11.5. The van der Waals surface area contributed by atoms with Crippen molar-refractivity contribution in [1.29, 1.82) is 0 Å². The Labute approximate surface area is 114 Å². The molecule has 1 saturated heterocycles. The van der Waals surface area contributed by atoms with Gasteiger partial charge in [0.2, 0.25) is 0 Å². The van der Waals surface area contributed by atoms with E-state index in [1.165, 1.54) is 5.56 Å². The van der Waals surface area contributed by atoms with Gasteiger partial charge in [-0.3, -0.25) is 0 Å². The highest BCUT2D eigenvalue weighted by atomic mass is 35.5. The summed E-state index contributed by atoms with van der Waals surface area (Å²) in [5, 5.41) is 0. The van der Waals surface area contributed by atoms with Crippen LogP contribution in [0.3, 0.4) is 0 Å². The Balaban J connectivity index is 2.42. The lowest BCUT2D eigenvalue weighted by Gasteiger charge is -2.38. The minimum absolute atomic E-state index is 0.243. The first-order valence-corrected chi connectivity index (χ1v) is 6.97. The Morgan fingerprint density at radius 3 is 2.83 bits per heavy atom. The number of anilines is 1. The van der Waals surface area contributed by atoms with Gasteiger partial charge in [-0.2, -0.15) is 0 Å². The fourth-order valence-electron chi connectivity index (χ4n) is 2.44. The van der Waals surface area contributed by atoms with E-state index in [-0.39, 0.29) is 6.10 Å². The van der Waals surface area contributed by atoms with Crippen LogP contribution in [-0.4, -0.2) is 30.3 Å². The van der Waals surface area contributed by atoms with E-state index in [4.69, 9.17) is 21.3 Å². The summed E-state index contributed by atoms with van der Waals surface area (Å²) in [4.78, 5) is 7.02. The lowest BCUT2D eigenvalue weighted by Crippen LogP contribution is -2.48. The summed E-state index contributed by atoms with van der Waals surface area (Å²) in [7, 11) is 0. The van der Waals surface area contributed by atoms with Crippen molar-refractivity contribution >= 4 is 17.4 Å². The number of hydrogen-bond acceptors (Lipinski definition) is 3. The SMILES string of the molecule is Cc1cc(C)c(CCl)c(N2CC(C)OCC2C)n1. The summed E-state index contributed by atoms with van der Waals surface area (Å²) in [5.41, 5.74) is 3.41. The average molecular weight is 269 g/mol. The van der Waals surface area contributed by atoms with Gasteiger partial charge >= 0.3 is 0 Å². The second kappa shape index (κ2) is 5.45. The van der Waals surface area contributed by atoms with Crippen LogP contribution in [0, 0.1) is 13.8 Å². The van der Waals surface area contributed by atoms with Gasteiger partial charge in [0, 0.05) is 17.8 Å². The summed E-state index contributed by atoms with van der Waals surface area (Å²) >= 11 is 6.10. The Morgan fingerprint density at radius 2 is 2.17 bits per heavy atom. The highest BCUT2D eigenvalue weighted by molar-refractivity contribution is 6.17. The lowest BCUT2D eigenvalue weighted by molar-refractivity contribution is 0.0340. The lowest BCUT2D eigenvalue weighted by atomic mass is 10.1. The van der Waals surface area contributed by atoms with Crippen LogP contribution in [0.2, 0.25) is 0 Å². The number of alkyl halides is 1. The summed E-state index contributed by atoms with van der Waals surface area (Å²) in [6, 6.07) is 2.44. The number of pyridine rings is 1. The van der Waals surface area contributed by atoms with E-state index in [1.807, 2.05) is 6.92 Å². The van der Waals surface area contributed by atoms with Gasteiger partial charge in [0.05, 0.1) is 24.6 Å². The molecule has 1 aliphatic rings. The summed E-state index contributed by atoms with van der Waals surface area (Å²) in [5.74, 6) is 1.54. The molecule has 0 aliphatic carbocycles. The Hall–Kier alpha value is -0.800. The molecule has 2 atom stereocenters. The maximum Gasteiger partial charge on any atom is 0.133 e. The molecule has 2 unspecified atom stereocenters. The number of aromatic nitrogens is 1. The predicted molar refractivity (Wildman–Crippen MR) is 75.5 cm³/mol. The summed E-state index contributed by atoms with van der Waals surface area (Å²) < 4.78 is 5.67. The van der Waals surface area contributed by atoms with Gasteiger partial charge in [-0.05, 0) is 39.3 Å². The Morgan fingerprint density at radius 1 is 1.44 bits per heavy atom. The maximum atomic E-state index is 6.10. The van der Waals surface area contributed by atoms with Crippen molar-refractivity contribution in [2.24, 2.45) is 0 Å². The molecule has 0 amide bonds. The molecule has 1 aromatic rings. The van der Waals surface area contributed by atoms with Crippen LogP contribution in [-0.2, 0) is 10.6 Å². The normalized spacial score (nSPS) is 24.4. The van der Waals surface area contributed by atoms with Gasteiger partial charge in [-0.1, -0.05) is 0 Å². The van der Waals surface area contributed by atoms with Gasteiger partial charge in [0.15, 0.2) is 0 Å². The molecule has 3 nitrogen and oxygen atoms in total. The third-order valence-electron chi connectivity index (χ3n) is 3.47. The molecule has 0 saturated carbocycles. The molecule has 18 heavy (non-hydrogen) atoms. The molecular formula is C14H21ClN2O. The van der Waals surface area contributed by atoms with Gasteiger partial charge in [-0.25, -0.2) is 4.98 Å². The standard InChI is InChI=1S/C14H21ClN2O/c1-9-5-10(2)16-14(13(9)6-15)17-7-12(4)18-8-11(17)3/h5,11-12H,6-8H2,1-4H3. The van der Waals surface area contributed by atoms with E-state index in [1.54, 1.807) is 0 Å². The molecule has 2 heterocycles. The second-order valence-corrected chi connectivity index (χ2v) is 5.43. The number of aryl methyl sites for hydroxylation is 2. The summed E-state index contributed by atoms with van der Waals surface area (Å²) in [6.07, 6.45) is 0.243. The first kappa shape index (κ1) is 13.6. The van der Waals surface area contributed by atoms with Crippen LogP contribution in [0.1, 0.15) is 30.7 Å². The molecule has 2 rings (SSSR count). The zero-order chi connectivity index (χ0) is 13.3. The quantitative estimate of drug-likeness (QED) is 0.771. The number of ether oxygens (including phenoxy) is 1. The Bertz CT molecular complexity index is 436. The fraction of sp³-hybridized carbons (Fsp3) is 0.643. The third-order valence-corrected chi connectivity index (χ3v) is 3.73. The molecule has 4 heteroatoms. The first-order valence-electron chi connectivity index (χ1n) is 6.44.